The van der Waals surface area contributed by atoms with Gasteiger partial charge in [-0.2, -0.15) is 0 Å². The third-order valence-corrected chi connectivity index (χ3v) is 3.60. The van der Waals surface area contributed by atoms with Gasteiger partial charge >= 0.3 is 6.03 Å². The first-order chi connectivity index (χ1) is 10.0. The highest BCUT2D eigenvalue weighted by atomic mass is 35.5. The maximum atomic E-state index is 11.8. The number of nitrogens with zero attached hydrogens (tertiary/aromatic N) is 1. The summed E-state index contributed by atoms with van der Waals surface area (Å²) in [6, 6.07) is 6.86. The van der Waals surface area contributed by atoms with Crippen molar-refractivity contribution in [2.75, 3.05) is 19.6 Å². The second-order valence-corrected chi connectivity index (χ2v) is 5.49. The predicted molar refractivity (Wildman–Crippen MR) is 88.1 cm³/mol. The SMILES string of the molecule is Cl.N[C@@H]1CCN(C(=O)CNC(=O)NCc2ccc(Cl)cc2)C1. The monoisotopic (exact) mass is 346 g/mol. The Morgan fingerprint density at radius 2 is 1.95 bits per heavy atom. The number of hydrogen-bond donors (Lipinski definition) is 3. The number of halogens is 2. The summed E-state index contributed by atoms with van der Waals surface area (Å²) in [5.74, 6) is -0.107. The molecule has 1 saturated heterocycles. The van der Waals surface area contributed by atoms with Crippen LogP contribution in [0.1, 0.15) is 12.0 Å². The van der Waals surface area contributed by atoms with Crippen molar-refractivity contribution in [2.45, 2.75) is 19.0 Å². The van der Waals surface area contributed by atoms with E-state index in [1.165, 1.54) is 0 Å². The van der Waals surface area contributed by atoms with Gasteiger partial charge in [-0.3, -0.25) is 4.79 Å². The van der Waals surface area contributed by atoms with Crippen LogP contribution in [0.5, 0.6) is 0 Å². The van der Waals surface area contributed by atoms with Crippen molar-refractivity contribution in [3.8, 4) is 0 Å². The van der Waals surface area contributed by atoms with E-state index in [0.29, 0.717) is 24.7 Å². The van der Waals surface area contributed by atoms with Crippen molar-refractivity contribution >= 4 is 35.9 Å². The summed E-state index contributed by atoms with van der Waals surface area (Å²) in [5.41, 5.74) is 6.68. The number of benzene rings is 1. The van der Waals surface area contributed by atoms with Crippen LogP contribution in [0.4, 0.5) is 4.79 Å². The first-order valence-corrected chi connectivity index (χ1v) is 7.22. The van der Waals surface area contributed by atoms with Gasteiger partial charge in [-0.05, 0) is 24.1 Å². The summed E-state index contributed by atoms with van der Waals surface area (Å²) < 4.78 is 0. The summed E-state index contributed by atoms with van der Waals surface area (Å²) in [6.45, 7) is 1.59. The van der Waals surface area contributed by atoms with E-state index in [1.54, 1.807) is 17.0 Å². The number of urea groups is 1. The third kappa shape index (κ3) is 5.71. The van der Waals surface area contributed by atoms with Gasteiger partial charge in [0, 0.05) is 30.7 Å². The van der Waals surface area contributed by atoms with E-state index in [-0.39, 0.29) is 36.9 Å². The maximum absolute atomic E-state index is 11.8. The summed E-state index contributed by atoms with van der Waals surface area (Å²) in [7, 11) is 0. The van der Waals surface area contributed by atoms with Crippen LogP contribution < -0.4 is 16.4 Å². The molecule has 0 spiro atoms. The van der Waals surface area contributed by atoms with E-state index < -0.39 is 0 Å². The van der Waals surface area contributed by atoms with E-state index in [1.807, 2.05) is 12.1 Å². The molecule has 122 valence electrons. The van der Waals surface area contributed by atoms with Crippen molar-refractivity contribution in [1.82, 2.24) is 15.5 Å². The van der Waals surface area contributed by atoms with Crippen LogP contribution in [-0.4, -0.2) is 42.5 Å². The fourth-order valence-corrected chi connectivity index (χ4v) is 2.25. The molecule has 8 heteroatoms. The second-order valence-electron chi connectivity index (χ2n) is 5.05. The molecule has 1 heterocycles. The van der Waals surface area contributed by atoms with Crippen LogP contribution in [0.25, 0.3) is 0 Å². The fraction of sp³-hybridized carbons (Fsp3) is 0.429. The minimum atomic E-state index is -0.373. The van der Waals surface area contributed by atoms with Gasteiger partial charge in [-0.15, -0.1) is 12.4 Å². The van der Waals surface area contributed by atoms with Gasteiger partial charge in [0.25, 0.3) is 0 Å². The van der Waals surface area contributed by atoms with Crippen LogP contribution >= 0.6 is 24.0 Å². The third-order valence-electron chi connectivity index (χ3n) is 3.34. The van der Waals surface area contributed by atoms with Gasteiger partial charge in [-0.1, -0.05) is 23.7 Å². The van der Waals surface area contributed by atoms with Gasteiger partial charge in [0.15, 0.2) is 0 Å². The minimum absolute atomic E-state index is 0. The maximum Gasteiger partial charge on any atom is 0.315 e. The lowest BCUT2D eigenvalue weighted by molar-refractivity contribution is -0.129. The largest absolute Gasteiger partial charge is 0.340 e. The highest BCUT2D eigenvalue weighted by molar-refractivity contribution is 6.30. The van der Waals surface area contributed by atoms with Crippen LogP contribution in [0.2, 0.25) is 5.02 Å². The molecule has 3 amide bonds. The molecule has 1 atom stereocenters. The fourth-order valence-electron chi connectivity index (χ4n) is 2.13. The molecule has 2 rings (SSSR count). The molecule has 22 heavy (non-hydrogen) atoms. The molecule has 0 unspecified atom stereocenters. The van der Waals surface area contributed by atoms with E-state index in [2.05, 4.69) is 10.6 Å². The minimum Gasteiger partial charge on any atom is -0.340 e. The average Bonchev–Trinajstić information content (AvgIpc) is 2.91. The molecule has 0 bridgehead atoms. The Kier molecular flexibility index (Phi) is 7.44. The van der Waals surface area contributed by atoms with Crippen molar-refractivity contribution in [2.24, 2.45) is 5.73 Å². The highest BCUT2D eigenvalue weighted by Crippen LogP contribution is 2.09. The number of nitrogens with two attached hydrogens (primary N) is 1. The van der Waals surface area contributed by atoms with Gasteiger partial charge < -0.3 is 21.3 Å². The van der Waals surface area contributed by atoms with Crippen molar-refractivity contribution in [3.63, 3.8) is 0 Å². The number of rotatable bonds is 4. The molecule has 0 aromatic heterocycles. The van der Waals surface area contributed by atoms with Crippen LogP contribution in [0.3, 0.4) is 0 Å². The Labute approximate surface area is 140 Å². The first kappa shape index (κ1) is 18.5. The number of likely N-dealkylation sites (tertiary alicyclic amines) is 1. The van der Waals surface area contributed by atoms with Crippen molar-refractivity contribution < 1.29 is 9.59 Å². The summed E-state index contributed by atoms with van der Waals surface area (Å²) in [5, 5.41) is 5.88. The number of carbonyl (C=O) groups is 2. The lowest BCUT2D eigenvalue weighted by Crippen LogP contribution is -2.43. The molecule has 1 aliphatic heterocycles. The van der Waals surface area contributed by atoms with Crippen molar-refractivity contribution in [1.29, 1.82) is 0 Å². The molecule has 1 aliphatic rings. The van der Waals surface area contributed by atoms with Crippen LogP contribution in [-0.2, 0) is 11.3 Å². The summed E-state index contributed by atoms with van der Waals surface area (Å²) >= 11 is 5.78. The van der Waals surface area contributed by atoms with Gasteiger partial charge in [-0.25, -0.2) is 4.79 Å². The first-order valence-electron chi connectivity index (χ1n) is 6.84. The average molecular weight is 347 g/mol. The molecule has 0 radical (unpaired) electrons. The smallest absolute Gasteiger partial charge is 0.315 e. The zero-order chi connectivity index (χ0) is 15.2. The lowest BCUT2D eigenvalue weighted by atomic mass is 10.2. The molecule has 6 nitrogen and oxygen atoms in total. The van der Waals surface area contributed by atoms with E-state index in [0.717, 1.165) is 12.0 Å². The molecule has 1 aromatic carbocycles. The zero-order valence-electron chi connectivity index (χ0n) is 12.0. The van der Waals surface area contributed by atoms with Crippen LogP contribution in [0.15, 0.2) is 24.3 Å². The van der Waals surface area contributed by atoms with Gasteiger partial charge in [0.05, 0.1) is 6.54 Å². The van der Waals surface area contributed by atoms with Gasteiger partial charge in [0.2, 0.25) is 5.91 Å². The zero-order valence-corrected chi connectivity index (χ0v) is 13.6. The normalized spacial score (nSPS) is 16.8. The molecule has 0 aliphatic carbocycles. The molecule has 4 N–H and O–H groups in total. The van der Waals surface area contributed by atoms with Gasteiger partial charge in [0.1, 0.15) is 0 Å². The molecule has 1 fully saturated rings. The molecule has 1 aromatic rings. The number of nitrogens with one attached hydrogen (secondary N) is 2. The highest BCUT2D eigenvalue weighted by Gasteiger charge is 2.23. The van der Waals surface area contributed by atoms with E-state index >= 15 is 0 Å². The number of hydrogen-bond acceptors (Lipinski definition) is 3. The Balaban J connectivity index is 0.00000242. The summed E-state index contributed by atoms with van der Waals surface area (Å²) in [4.78, 5) is 25.1. The van der Waals surface area contributed by atoms with E-state index in [9.17, 15) is 9.59 Å². The molecule has 0 saturated carbocycles. The standard InChI is InChI=1S/C14H19ClN4O2.ClH/c15-11-3-1-10(2-4-11)7-17-14(21)18-8-13(20)19-6-5-12(16)9-19;/h1-4,12H,5-9,16H2,(H2,17,18,21);1H/t12-;/m1./s1. The molecular weight excluding hydrogens is 327 g/mol. The Hall–Kier alpha value is -1.50. The second kappa shape index (κ2) is 8.82. The van der Waals surface area contributed by atoms with Crippen LogP contribution in [0, 0.1) is 0 Å². The lowest BCUT2D eigenvalue weighted by Gasteiger charge is -2.16. The predicted octanol–water partition coefficient (Wildman–Crippen LogP) is 1.12. The van der Waals surface area contributed by atoms with Crippen molar-refractivity contribution in [3.05, 3.63) is 34.9 Å². The topological polar surface area (TPSA) is 87.5 Å². The number of amides is 3. The molecular formula is C14H20Cl2N4O2. The number of carbonyl (C=O) groups excluding carboxylic acids is 2. The van der Waals surface area contributed by atoms with E-state index in [4.69, 9.17) is 17.3 Å². The quantitative estimate of drug-likeness (QED) is 0.763. The summed E-state index contributed by atoms with van der Waals surface area (Å²) in [6.07, 6.45) is 0.814. The Morgan fingerprint density at radius 3 is 2.55 bits per heavy atom. The Morgan fingerprint density at radius 1 is 1.27 bits per heavy atom. The Bertz CT molecular complexity index is 510.